The van der Waals surface area contributed by atoms with Gasteiger partial charge in [-0.15, -0.1) is 0 Å². The molecular weight excluding hydrogens is 373 g/mol. The fourth-order valence-corrected chi connectivity index (χ4v) is 4.12. The van der Waals surface area contributed by atoms with Gasteiger partial charge < -0.3 is 5.32 Å². The number of nitrogens with one attached hydrogen (secondary N) is 1. The monoisotopic (exact) mass is 403 g/mol. The molecule has 0 radical (unpaired) electrons. The first-order valence-corrected chi connectivity index (χ1v) is 11.0. The molecule has 1 N–H and O–H groups in total. The van der Waals surface area contributed by atoms with Crippen molar-refractivity contribution >= 4 is 16.6 Å². The summed E-state index contributed by atoms with van der Waals surface area (Å²) in [6.07, 6.45) is 4.96. The minimum absolute atomic E-state index is 0.261. The second-order valence-corrected chi connectivity index (χ2v) is 8.16. The maximum Gasteiger partial charge on any atom is 0.123 e. The lowest BCUT2D eigenvalue weighted by Gasteiger charge is -2.26. The Hall–Kier alpha value is -2.72. The zero-order chi connectivity index (χ0) is 20.9. The van der Waals surface area contributed by atoms with Gasteiger partial charge >= 0.3 is 0 Å². The topological polar surface area (TPSA) is 28.2 Å². The van der Waals surface area contributed by atoms with Crippen LogP contribution in [-0.2, 0) is 6.54 Å². The van der Waals surface area contributed by atoms with E-state index < -0.39 is 0 Å². The van der Waals surface area contributed by atoms with Crippen molar-refractivity contribution in [1.82, 2.24) is 15.2 Å². The molecule has 2 aromatic carbocycles. The van der Waals surface area contributed by atoms with Gasteiger partial charge in [-0.3, -0.25) is 4.90 Å². The van der Waals surface area contributed by atoms with E-state index in [-0.39, 0.29) is 5.82 Å². The molecule has 0 unspecified atom stereocenters. The lowest BCUT2D eigenvalue weighted by atomic mass is 10.0. The van der Waals surface area contributed by atoms with Crippen molar-refractivity contribution in [3.8, 4) is 11.3 Å². The molecule has 0 amide bonds. The first kappa shape index (κ1) is 20.5. The van der Waals surface area contributed by atoms with Crippen LogP contribution in [-0.4, -0.2) is 29.5 Å². The van der Waals surface area contributed by atoms with Crippen molar-refractivity contribution in [2.24, 2.45) is 0 Å². The minimum atomic E-state index is -0.261. The molecule has 0 saturated carbocycles. The van der Waals surface area contributed by atoms with Crippen LogP contribution in [0.4, 0.5) is 4.39 Å². The summed E-state index contributed by atoms with van der Waals surface area (Å²) in [6, 6.07) is 15.5. The van der Waals surface area contributed by atoms with Gasteiger partial charge in [0, 0.05) is 35.3 Å². The van der Waals surface area contributed by atoms with Crippen LogP contribution in [0.3, 0.4) is 0 Å². The van der Waals surface area contributed by atoms with Gasteiger partial charge in [0.2, 0.25) is 0 Å². The molecule has 156 valence electrons. The summed E-state index contributed by atoms with van der Waals surface area (Å²) in [6.45, 7) is 10.5. The predicted octanol–water partition coefficient (Wildman–Crippen LogP) is 6.00. The zero-order valence-corrected chi connectivity index (χ0v) is 17.8. The summed E-state index contributed by atoms with van der Waals surface area (Å²) < 4.78 is 13.9. The number of piperidine rings is 1. The second-order valence-electron chi connectivity index (χ2n) is 8.16. The van der Waals surface area contributed by atoms with Crippen molar-refractivity contribution in [2.45, 2.75) is 39.2 Å². The van der Waals surface area contributed by atoms with Crippen molar-refractivity contribution in [1.29, 1.82) is 0 Å². The van der Waals surface area contributed by atoms with Crippen molar-refractivity contribution in [3.05, 3.63) is 72.1 Å². The number of rotatable bonds is 7. The highest BCUT2D eigenvalue weighted by atomic mass is 19.1. The third-order valence-electron chi connectivity index (χ3n) is 5.79. The quantitative estimate of drug-likeness (QED) is 0.525. The van der Waals surface area contributed by atoms with Crippen LogP contribution in [0.2, 0.25) is 0 Å². The Bertz CT molecular complexity index is 1020. The summed E-state index contributed by atoms with van der Waals surface area (Å²) in [5.74, 6) is -0.261. The molecule has 0 bridgehead atoms. The smallest absolute Gasteiger partial charge is 0.123 e. The number of hydrogen-bond donors (Lipinski definition) is 1. The van der Waals surface area contributed by atoms with E-state index in [0.717, 1.165) is 52.9 Å². The van der Waals surface area contributed by atoms with Gasteiger partial charge in [-0.2, -0.15) is 0 Å². The van der Waals surface area contributed by atoms with Gasteiger partial charge in [0.25, 0.3) is 0 Å². The molecule has 1 fully saturated rings. The summed E-state index contributed by atoms with van der Waals surface area (Å²) in [5, 5.41) is 4.13. The van der Waals surface area contributed by atoms with Crippen molar-refractivity contribution in [2.75, 3.05) is 19.6 Å². The van der Waals surface area contributed by atoms with Gasteiger partial charge in [-0.25, -0.2) is 9.37 Å². The van der Waals surface area contributed by atoms with E-state index in [4.69, 9.17) is 4.98 Å². The Morgan fingerprint density at radius 1 is 1.07 bits per heavy atom. The average molecular weight is 404 g/mol. The van der Waals surface area contributed by atoms with Gasteiger partial charge in [0.05, 0.1) is 11.2 Å². The SMILES string of the molecule is C=C(NCCC)c1cc(-c2ccc(CN3CCCCC3)cc2)nc2ccc(F)cc12. The number of benzene rings is 2. The molecule has 4 heteroatoms. The Labute approximate surface area is 178 Å². The third-order valence-corrected chi connectivity index (χ3v) is 5.79. The third kappa shape index (κ3) is 4.71. The lowest BCUT2D eigenvalue weighted by molar-refractivity contribution is 0.221. The fraction of sp³-hybridized carbons (Fsp3) is 0.346. The van der Waals surface area contributed by atoms with Crippen LogP contribution in [0, 0.1) is 5.82 Å². The molecular formula is C26H30FN3. The maximum atomic E-state index is 13.9. The van der Waals surface area contributed by atoms with Crippen LogP contribution in [0.25, 0.3) is 27.9 Å². The molecule has 4 rings (SSSR count). The highest BCUT2D eigenvalue weighted by Crippen LogP contribution is 2.29. The van der Waals surface area contributed by atoms with E-state index in [1.807, 2.05) is 6.07 Å². The van der Waals surface area contributed by atoms with E-state index in [9.17, 15) is 4.39 Å². The lowest BCUT2D eigenvalue weighted by Crippen LogP contribution is -2.28. The number of pyridine rings is 1. The Morgan fingerprint density at radius 2 is 1.83 bits per heavy atom. The number of halogens is 1. The standard InChI is InChI=1S/C26H30FN3/c1-3-13-28-19(2)23-17-26(29-25-12-11-22(27)16-24(23)25)21-9-7-20(8-10-21)18-30-14-5-4-6-15-30/h7-12,16-17,28H,2-6,13-15,18H2,1H3. The summed E-state index contributed by atoms with van der Waals surface area (Å²) in [4.78, 5) is 7.34. The van der Waals surface area contributed by atoms with Crippen molar-refractivity contribution in [3.63, 3.8) is 0 Å². The van der Waals surface area contributed by atoms with Crippen LogP contribution >= 0.6 is 0 Å². The molecule has 3 nitrogen and oxygen atoms in total. The molecule has 1 saturated heterocycles. The van der Waals surface area contributed by atoms with E-state index in [1.54, 1.807) is 12.1 Å². The molecule has 3 aromatic rings. The number of aromatic nitrogens is 1. The van der Waals surface area contributed by atoms with E-state index >= 15 is 0 Å². The van der Waals surface area contributed by atoms with Crippen LogP contribution in [0.1, 0.15) is 43.7 Å². The zero-order valence-electron chi connectivity index (χ0n) is 17.8. The van der Waals surface area contributed by atoms with Crippen LogP contribution in [0.15, 0.2) is 55.1 Å². The number of fused-ring (bicyclic) bond motifs is 1. The molecule has 1 aliphatic heterocycles. The van der Waals surface area contributed by atoms with Gasteiger partial charge in [-0.05, 0) is 62.2 Å². The van der Waals surface area contributed by atoms with Gasteiger partial charge in [0.15, 0.2) is 0 Å². The molecule has 0 aliphatic carbocycles. The predicted molar refractivity (Wildman–Crippen MR) is 124 cm³/mol. The second kappa shape index (κ2) is 9.40. The Morgan fingerprint density at radius 3 is 2.57 bits per heavy atom. The van der Waals surface area contributed by atoms with Gasteiger partial charge in [0.1, 0.15) is 5.82 Å². The highest BCUT2D eigenvalue weighted by Gasteiger charge is 2.13. The summed E-state index contributed by atoms with van der Waals surface area (Å²) in [5.41, 5.74) is 5.76. The Balaban J connectivity index is 1.64. The fourth-order valence-electron chi connectivity index (χ4n) is 4.12. The van der Waals surface area contributed by atoms with Crippen LogP contribution in [0.5, 0.6) is 0 Å². The van der Waals surface area contributed by atoms with E-state index in [2.05, 4.69) is 48.0 Å². The summed E-state index contributed by atoms with van der Waals surface area (Å²) >= 11 is 0. The largest absolute Gasteiger partial charge is 0.385 e. The molecule has 0 atom stereocenters. The molecule has 30 heavy (non-hydrogen) atoms. The average Bonchev–Trinajstić information content (AvgIpc) is 2.78. The first-order chi connectivity index (χ1) is 14.6. The molecule has 1 aliphatic rings. The Kier molecular flexibility index (Phi) is 6.44. The first-order valence-electron chi connectivity index (χ1n) is 11.0. The molecule has 0 spiro atoms. The van der Waals surface area contributed by atoms with Crippen LogP contribution < -0.4 is 5.32 Å². The normalized spacial score (nSPS) is 14.7. The van der Waals surface area contributed by atoms with Gasteiger partial charge in [-0.1, -0.05) is 44.2 Å². The van der Waals surface area contributed by atoms with E-state index in [1.165, 1.54) is 44.0 Å². The van der Waals surface area contributed by atoms with Crippen molar-refractivity contribution < 1.29 is 4.39 Å². The molecule has 1 aromatic heterocycles. The number of likely N-dealkylation sites (tertiary alicyclic amines) is 1. The highest BCUT2D eigenvalue weighted by molar-refractivity contribution is 5.93. The molecule has 2 heterocycles. The number of nitrogens with zero attached hydrogens (tertiary/aromatic N) is 2. The minimum Gasteiger partial charge on any atom is -0.385 e. The number of hydrogen-bond acceptors (Lipinski definition) is 3. The van der Waals surface area contributed by atoms with E-state index in [0.29, 0.717) is 0 Å². The summed E-state index contributed by atoms with van der Waals surface area (Å²) in [7, 11) is 0. The maximum absolute atomic E-state index is 13.9.